The van der Waals surface area contributed by atoms with Gasteiger partial charge in [-0.05, 0) is 56.4 Å². The molecule has 162 valence electrons. The van der Waals surface area contributed by atoms with Crippen LogP contribution < -0.4 is 10.1 Å². The smallest absolute Gasteiger partial charge is 0.261 e. The molecular weight excluding hydrogens is 376 g/mol. The van der Waals surface area contributed by atoms with Crippen molar-refractivity contribution in [2.75, 3.05) is 13.2 Å². The number of rotatable bonds is 11. The molecule has 0 aliphatic carbocycles. The van der Waals surface area contributed by atoms with Crippen molar-refractivity contribution in [1.29, 1.82) is 0 Å². The van der Waals surface area contributed by atoms with Gasteiger partial charge in [-0.1, -0.05) is 56.3 Å². The van der Waals surface area contributed by atoms with Crippen molar-refractivity contribution in [1.82, 2.24) is 10.2 Å². The van der Waals surface area contributed by atoms with Crippen molar-refractivity contribution in [3.63, 3.8) is 0 Å². The second kappa shape index (κ2) is 12.0. The second-order valence-electron chi connectivity index (χ2n) is 7.67. The first kappa shape index (κ1) is 23.5. The van der Waals surface area contributed by atoms with E-state index >= 15 is 0 Å². The van der Waals surface area contributed by atoms with Crippen LogP contribution in [-0.2, 0) is 16.0 Å². The maximum atomic E-state index is 13.1. The minimum Gasteiger partial charge on any atom is -0.484 e. The number of hydrogen-bond donors (Lipinski definition) is 1. The molecule has 2 rings (SSSR count). The van der Waals surface area contributed by atoms with Crippen LogP contribution in [-0.4, -0.2) is 41.9 Å². The standard InChI is InChI=1S/C25H34N2O3/c1-5-20(4)26-25(29)23(6-2)27(16-15-21-12-8-7-9-13-21)24(28)18-30-22-14-10-11-19(3)17-22/h7-14,17,20,23H,5-6,15-16,18H2,1-4H3,(H,26,29). The predicted molar refractivity (Wildman–Crippen MR) is 121 cm³/mol. The Morgan fingerprint density at radius 1 is 1.03 bits per heavy atom. The van der Waals surface area contributed by atoms with Gasteiger partial charge in [0.05, 0.1) is 0 Å². The molecule has 30 heavy (non-hydrogen) atoms. The largest absolute Gasteiger partial charge is 0.484 e. The summed E-state index contributed by atoms with van der Waals surface area (Å²) < 4.78 is 5.74. The van der Waals surface area contributed by atoms with Crippen molar-refractivity contribution >= 4 is 11.8 Å². The van der Waals surface area contributed by atoms with Gasteiger partial charge in [0.1, 0.15) is 11.8 Å². The summed E-state index contributed by atoms with van der Waals surface area (Å²) in [6.07, 6.45) is 2.08. The Labute approximate surface area is 180 Å². The average molecular weight is 411 g/mol. The summed E-state index contributed by atoms with van der Waals surface area (Å²) >= 11 is 0. The highest BCUT2D eigenvalue weighted by Gasteiger charge is 2.29. The lowest BCUT2D eigenvalue weighted by Crippen LogP contribution is -2.52. The van der Waals surface area contributed by atoms with E-state index in [0.29, 0.717) is 25.1 Å². The Morgan fingerprint density at radius 3 is 2.40 bits per heavy atom. The minimum absolute atomic E-state index is 0.0705. The molecule has 0 bridgehead atoms. The van der Waals surface area contributed by atoms with E-state index in [1.165, 1.54) is 0 Å². The number of benzene rings is 2. The maximum Gasteiger partial charge on any atom is 0.261 e. The number of carbonyl (C=O) groups excluding carboxylic acids is 2. The number of aryl methyl sites for hydroxylation is 1. The molecular formula is C25H34N2O3. The van der Waals surface area contributed by atoms with Crippen LogP contribution in [0, 0.1) is 6.92 Å². The lowest BCUT2D eigenvalue weighted by molar-refractivity contribution is -0.142. The van der Waals surface area contributed by atoms with E-state index in [4.69, 9.17) is 4.74 Å². The van der Waals surface area contributed by atoms with Gasteiger partial charge in [0.15, 0.2) is 6.61 Å². The molecule has 2 aromatic carbocycles. The molecule has 1 N–H and O–H groups in total. The highest BCUT2D eigenvalue weighted by molar-refractivity contribution is 5.88. The highest BCUT2D eigenvalue weighted by Crippen LogP contribution is 2.14. The molecule has 5 heteroatoms. The lowest BCUT2D eigenvalue weighted by atomic mass is 10.1. The lowest BCUT2D eigenvalue weighted by Gasteiger charge is -2.31. The summed E-state index contributed by atoms with van der Waals surface area (Å²) in [4.78, 5) is 27.6. The molecule has 0 radical (unpaired) electrons. The van der Waals surface area contributed by atoms with Gasteiger partial charge in [0.25, 0.3) is 5.91 Å². The first-order chi connectivity index (χ1) is 14.4. The summed E-state index contributed by atoms with van der Waals surface area (Å²) in [5, 5.41) is 3.02. The first-order valence-electron chi connectivity index (χ1n) is 10.8. The Morgan fingerprint density at radius 2 is 1.77 bits per heavy atom. The topological polar surface area (TPSA) is 58.6 Å². The highest BCUT2D eigenvalue weighted by atomic mass is 16.5. The van der Waals surface area contributed by atoms with Gasteiger partial charge in [-0.15, -0.1) is 0 Å². The van der Waals surface area contributed by atoms with Crippen molar-refractivity contribution in [3.05, 3.63) is 65.7 Å². The normalized spacial score (nSPS) is 12.7. The predicted octanol–water partition coefficient (Wildman–Crippen LogP) is 4.14. The van der Waals surface area contributed by atoms with Gasteiger partial charge < -0.3 is 15.0 Å². The molecule has 0 saturated carbocycles. The molecule has 2 unspecified atom stereocenters. The molecule has 0 heterocycles. The van der Waals surface area contributed by atoms with Crippen molar-refractivity contribution in [2.24, 2.45) is 0 Å². The van der Waals surface area contributed by atoms with Gasteiger partial charge in [-0.25, -0.2) is 0 Å². The van der Waals surface area contributed by atoms with E-state index in [2.05, 4.69) is 5.32 Å². The van der Waals surface area contributed by atoms with E-state index < -0.39 is 6.04 Å². The number of ether oxygens (including phenoxy) is 1. The molecule has 0 aliphatic rings. The Hall–Kier alpha value is -2.82. The fourth-order valence-corrected chi connectivity index (χ4v) is 3.27. The summed E-state index contributed by atoms with van der Waals surface area (Å²) in [6.45, 7) is 8.29. The number of amides is 2. The van der Waals surface area contributed by atoms with Crippen LogP contribution in [0.2, 0.25) is 0 Å². The van der Waals surface area contributed by atoms with Crippen LogP contribution >= 0.6 is 0 Å². The van der Waals surface area contributed by atoms with Crippen LogP contribution in [0.3, 0.4) is 0 Å². The zero-order valence-electron chi connectivity index (χ0n) is 18.6. The van der Waals surface area contributed by atoms with Crippen molar-refractivity contribution in [3.8, 4) is 5.75 Å². The van der Waals surface area contributed by atoms with E-state index in [1.807, 2.05) is 82.3 Å². The minimum atomic E-state index is -0.517. The van der Waals surface area contributed by atoms with Gasteiger partial charge in [-0.2, -0.15) is 0 Å². The summed E-state index contributed by atoms with van der Waals surface area (Å²) in [7, 11) is 0. The molecule has 0 aromatic heterocycles. The second-order valence-corrected chi connectivity index (χ2v) is 7.67. The average Bonchev–Trinajstić information content (AvgIpc) is 2.75. The van der Waals surface area contributed by atoms with Gasteiger partial charge >= 0.3 is 0 Å². The summed E-state index contributed by atoms with van der Waals surface area (Å²) in [5.41, 5.74) is 2.20. The zero-order chi connectivity index (χ0) is 21.9. The number of nitrogens with one attached hydrogen (secondary N) is 1. The SMILES string of the molecule is CCC(C)NC(=O)C(CC)N(CCc1ccccc1)C(=O)COc1cccc(C)c1. The van der Waals surface area contributed by atoms with E-state index in [1.54, 1.807) is 4.90 Å². The first-order valence-corrected chi connectivity index (χ1v) is 10.8. The molecule has 0 spiro atoms. The molecule has 0 fully saturated rings. The van der Waals surface area contributed by atoms with Crippen LogP contribution in [0.25, 0.3) is 0 Å². The molecule has 2 atom stereocenters. The van der Waals surface area contributed by atoms with Gasteiger partial charge in [0, 0.05) is 12.6 Å². The zero-order valence-corrected chi connectivity index (χ0v) is 18.6. The molecule has 0 saturated heterocycles. The quantitative estimate of drug-likeness (QED) is 0.606. The summed E-state index contributed by atoms with van der Waals surface area (Å²) in [6, 6.07) is 17.2. The Bertz CT molecular complexity index is 807. The van der Waals surface area contributed by atoms with Crippen LogP contribution in [0.1, 0.15) is 44.7 Å². The maximum absolute atomic E-state index is 13.1. The van der Waals surface area contributed by atoms with Crippen LogP contribution in [0.4, 0.5) is 0 Å². The molecule has 2 amide bonds. The summed E-state index contributed by atoms with van der Waals surface area (Å²) in [5.74, 6) is 0.367. The van der Waals surface area contributed by atoms with E-state index in [-0.39, 0.29) is 24.5 Å². The monoisotopic (exact) mass is 410 g/mol. The van der Waals surface area contributed by atoms with Gasteiger partial charge in [-0.3, -0.25) is 9.59 Å². The Balaban J connectivity index is 2.13. The number of nitrogens with zero attached hydrogens (tertiary/aromatic N) is 1. The fourth-order valence-electron chi connectivity index (χ4n) is 3.27. The fraction of sp³-hybridized carbons (Fsp3) is 0.440. The molecule has 2 aromatic rings. The van der Waals surface area contributed by atoms with Crippen LogP contribution in [0.5, 0.6) is 5.75 Å². The van der Waals surface area contributed by atoms with Crippen molar-refractivity contribution in [2.45, 2.75) is 59.0 Å². The third kappa shape index (κ3) is 7.21. The van der Waals surface area contributed by atoms with Gasteiger partial charge in [0.2, 0.25) is 5.91 Å². The van der Waals surface area contributed by atoms with E-state index in [9.17, 15) is 9.59 Å². The Kier molecular flexibility index (Phi) is 9.39. The molecule has 5 nitrogen and oxygen atoms in total. The van der Waals surface area contributed by atoms with Crippen LogP contribution in [0.15, 0.2) is 54.6 Å². The third-order valence-corrected chi connectivity index (χ3v) is 5.22. The third-order valence-electron chi connectivity index (χ3n) is 5.22. The van der Waals surface area contributed by atoms with Crippen molar-refractivity contribution < 1.29 is 14.3 Å². The molecule has 0 aliphatic heterocycles. The number of carbonyl (C=O) groups is 2. The number of hydrogen-bond acceptors (Lipinski definition) is 3. The van der Waals surface area contributed by atoms with E-state index in [0.717, 1.165) is 17.5 Å².